The summed E-state index contributed by atoms with van der Waals surface area (Å²) in [4.78, 5) is 13.1. The van der Waals surface area contributed by atoms with Crippen molar-refractivity contribution in [1.82, 2.24) is 4.90 Å². The number of likely N-dealkylation sites (tertiary alicyclic amines) is 1. The molecule has 1 rings (SSSR count). The maximum atomic E-state index is 11.5. The van der Waals surface area contributed by atoms with E-state index < -0.39 is 15.6 Å². The van der Waals surface area contributed by atoms with E-state index in [1.54, 1.807) is 0 Å². The number of sulfone groups is 1. The molecule has 0 aliphatic carbocycles. The maximum Gasteiger partial charge on any atom is 0.237 e. The molecule has 0 aromatic carbocycles. The van der Waals surface area contributed by atoms with Crippen LogP contribution in [-0.2, 0) is 14.6 Å². The summed E-state index contributed by atoms with van der Waals surface area (Å²) in [6, 6.07) is 0. The van der Waals surface area contributed by atoms with Crippen molar-refractivity contribution in [3.05, 3.63) is 0 Å². The summed E-state index contributed by atoms with van der Waals surface area (Å²) < 4.78 is 21.9. The lowest BCUT2D eigenvalue weighted by Crippen LogP contribution is -2.43. The number of piperidine rings is 1. The van der Waals surface area contributed by atoms with Gasteiger partial charge in [-0.25, -0.2) is 8.42 Å². The SMILES string of the molecule is CS(=O)(=O)CC(=O)N1CCCC(CO)C1. The minimum Gasteiger partial charge on any atom is -0.396 e. The molecule has 1 aliphatic rings. The molecule has 0 aromatic rings. The molecule has 1 aliphatic heterocycles. The molecule has 0 bridgehead atoms. The zero-order valence-corrected chi connectivity index (χ0v) is 9.66. The standard InChI is InChI=1S/C9H17NO4S/c1-15(13,14)7-9(12)10-4-2-3-8(5-10)6-11/h8,11H,2-7H2,1H3. The Kier molecular flexibility index (Phi) is 4.10. The summed E-state index contributed by atoms with van der Waals surface area (Å²) in [6.07, 6.45) is 2.79. The van der Waals surface area contributed by atoms with Gasteiger partial charge in [-0.2, -0.15) is 0 Å². The molecule has 6 heteroatoms. The second kappa shape index (κ2) is 4.94. The van der Waals surface area contributed by atoms with Crippen LogP contribution >= 0.6 is 0 Å². The van der Waals surface area contributed by atoms with Gasteiger partial charge in [0.1, 0.15) is 5.75 Å². The molecule has 1 amide bonds. The van der Waals surface area contributed by atoms with Gasteiger partial charge in [-0.3, -0.25) is 4.79 Å². The summed E-state index contributed by atoms with van der Waals surface area (Å²) in [7, 11) is -3.25. The molecule has 1 heterocycles. The Hall–Kier alpha value is -0.620. The highest BCUT2D eigenvalue weighted by Gasteiger charge is 2.24. The summed E-state index contributed by atoms with van der Waals surface area (Å²) in [5, 5.41) is 8.97. The maximum absolute atomic E-state index is 11.5. The molecule has 1 fully saturated rings. The van der Waals surface area contributed by atoms with E-state index >= 15 is 0 Å². The van der Waals surface area contributed by atoms with Crippen molar-refractivity contribution in [2.45, 2.75) is 12.8 Å². The van der Waals surface area contributed by atoms with Gasteiger partial charge in [-0.1, -0.05) is 0 Å². The zero-order chi connectivity index (χ0) is 11.5. The van der Waals surface area contributed by atoms with Crippen molar-refractivity contribution in [2.24, 2.45) is 5.92 Å². The normalized spacial score (nSPS) is 22.8. The van der Waals surface area contributed by atoms with Gasteiger partial charge in [-0.15, -0.1) is 0 Å². The Labute approximate surface area is 90.0 Å². The number of carbonyl (C=O) groups excluding carboxylic acids is 1. The van der Waals surface area contributed by atoms with E-state index in [1.165, 1.54) is 4.90 Å². The van der Waals surface area contributed by atoms with Gasteiger partial charge in [0.05, 0.1) is 0 Å². The molecular weight excluding hydrogens is 218 g/mol. The summed E-state index contributed by atoms with van der Waals surface area (Å²) >= 11 is 0. The summed E-state index contributed by atoms with van der Waals surface area (Å²) in [5.41, 5.74) is 0. The lowest BCUT2D eigenvalue weighted by atomic mass is 9.99. The quantitative estimate of drug-likeness (QED) is 0.699. The third kappa shape index (κ3) is 4.17. The van der Waals surface area contributed by atoms with Gasteiger partial charge in [-0.05, 0) is 18.8 Å². The first kappa shape index (κ1) is 12.4. The lowest BCUT2D eigenvalue weighted by Gasteiger charge is -2.31. The third-order valence-electron chi connectivity index (χ3n) is 2.52. The number of amides is 1. The average molecular weight is 235 g/mol. The molecule has 0 spiro atoms. The van der Waals surface area contributed by atoms with Gasteiger partial charge in [0, 0.05) is 26.0 Å². The van der Waals surface area contributed by atoms with E-state index in [0.717, 1.165) is 19.1 Å². The molecule has 1 atom stereocenters. The highest BCUT2D eigenvalue weighted by Crippen LogP contribution is 2.15. The van der Waals surface area contributed by atoms with Crippen LogP contribution in [0.15, 0.2) is 0 Å². The number of hydrogen-bond acceptors (Lipinski definition) is 4. The van der Waals surface area contributed by atoms with Crippen molar-refractivity contribution >= 4 is 15.7 Å². The molecule has 5 nitrogen and oxygen atoms in total. The van der Waals surface area contributed by atoms with Crippen LogP contribution in [0.5, 0.6) is 0 Å². The Morgan fingerprint density at radius 3 is 2.73 bits per heavy atom. The van der Waals surface area contributed by atoms with E-state index in [-0.39, 0.29) is 18.4 Å². The van der Waals surface area contributed by atoms with Gasteiger partial charge < -0.3 is 10.0 Å². The highest BCUT2D eigenvalue weighted by atomic mass is 32.2. The van der Waals surface area contributed by atoms with Crippen LogP contribution in [-0.4, -0.2) is 56.0 Å². The Balaban J connectivity index is 2.53. The van der Waals surface area contributed by atoms with Gasteiger partial charge in [0.2, 0.25) is 5.91 Å². The molecule has 1 unspecified atom stereocenters. The Bertz CT molecular complexity index is 325. The van der Waals surface area contributed by atoms with Crippen LogP contribution in [0.3, 0.4) is 0 Å². The molecule has 1 saturated heterocycles. The van der Waals surface area contributed by atoms with Crippen molar-refractivity contribution in [3.8, 4) is 0 Å². The predicted octanol–water partition coefficient (Wildman–Crippen LogP) is -0.738. The zero-order valence-electron chi connectivity index (χ0n) is 8.85. The summed E-state index contributed by atoms with van der Waals surface area (Å²) in [5.74, 6) is -0.677. The van der Waals surface area contributed by atoms with Crippen LogP contribution < -0.4 is 0 Å². The molecule has 1 N–H and O–H groups in total. The predicted molar refractivity (Wildman–Crippen MR) is 56.1 cm³/mol. The smallest absolute Gasteiger partial charge is 0.237 e. The monoisotopic (exact) mass is 235 g/mol. The van der Waals surface area contributed by atoms with E-state index in [2.05, 4.69) is 0 Å². The summed E-state index contributed by atoms with van der Waals surface area (Å²) in [6.45, 7) is 1.14. The molecule has 0 saturated carbocycles. The fourth-order valence-corrected chi connectivity index (χ4v) is 2.39. The molecule has 88 valence electrons. The number of nitrogens with zero attached hydrogens (tertiary/aromatic N) is 1. The minimum absolute atomic E-state index is 0.0582. The van der Waals surface area contributed by atoms with E-state index in [1.807, 2.05) is 0 Å². The van der Waals surface area contributed by atoms with Gasteiger partial charge in [0.15, 0.2) is 9.84 Å². The van der Waals surface area contributed by atoms with Crippen LogP contribution in [0.4, 0.5) is 0 Å². The number of aliphatic hydroxyl groups excluding tert-OH is 1. The topological polar surface area (TPSA) is 74.7 Å². The van der Waals surface area contributed by atoms with E-state index in [4.69, 9.17) is 5.11 Å². The second-order valence-electron chi connectivity index (χ2n) is 4.10. The van der Waals surface area contributed by atoms with Crippen molar-refractivity contribution in [3.63, 3.8) is 0 Å². The molecular formula is C9H17NO4S. The van der Waals surface area contributed by atoms with Crippen molar-refractivity contribution < 1.29 is 18.3 Å². The molecule has 0 radical (unpaired) electrons. The fraction of sp³-hybridized carbons (Fsp3) is 0.889. The first-order valence-corrected chi connectivity index (χ1v) is 7.05. The number of carbonyl (C=O) groups is 1. The van der Waals surface area contributed by atoms with Crippen LogP contribution in [0, 0.1) is 5.92 Å². The van der Waals surface area contributed by atoms with Gasteiger partial charge >= 0.3 is 0 Å². The van der Waals surface area contributed by atoms with E-state index in [9.17, 15) is 13.2 Å². The second-order valence-corrected chi connectivity index (χ2v) is 6.24. The first-order valence-electron chi connectivity index (χ1n) is 4.98. The Morgan fingerprint density at radius 2 is 2.20 bits per heavy atom. The largest absolute Gasteiger partial charge is 0.396 e. The highest BCUT2D eigenvalue weighted by molar-refractivity contribution is 7.91. The van der Waals surface area contributed by atoms with Gasteiger partial charge in [0.25, 0.3) is 0 Å². The van der Waals surface area contributed by atoms with Crippen LogP contribution in [0.2, 0.25) is 0 Å². The first-order chi connectivity index (χ1) is 6.92. The molecule has 15 heavy (non-hydrogen) atoms. The third-order valence-corrected chi connectivity index (χ3v) is 3.29. The molecule has 0 aromatic heterocycles. The van der Waals surface area contributed by atoms with Crippen LogP contribution in [0.1, 0.15) is 12.8 Å². The van der Waals surface area contributed by atoms with E-state index in [0.29, 0.717) is 13.1 Å². The van der Waals surface area contributed by atoms with Crippen LogP contribution in [0.25, 0.3) is 0 Å². The average Bonchev–Trinajstić information content (AvgIpc) is 2.15. The number of aliphatic hydroxyl groups is 1. The fourth-order valence-electron chi connectivity index (χ4n) is 1.76. The Morgan fingerprint density at radius 1 is 1.53 bits per heavy atom. The lowest BCUT2D eigenvalue weighted by molar-refractivity contribution is -0.130. The number of rotatable bonds is 3. The van der Waals surface area contributed by atoms with Crippen molar-refractivity contribution in [2.75, 3.05) is 31.7 Å². The van der Waals surface area contributed by atoms with Crippen molar-refractivity contribution in [1.29, 1.82) is 0 Å². The minimum atomic E-state index is -3.25. The number of hydrogen-bond donors (Lipinski definition) is 1.